The van der Waals surface area contributed by atoms with E-state index in [1.807, 2.05) is 13.0 Å². The number of halogens is 2. The van der Waals surface area contributed by atoms with Crippen LogP contribution >= 0.6 is 0 Å². The second kappa shape index (κ2) is 9.08. The van der Waals surface area contributed by atoms with Crippen LogP contribution in [0.1, 0.15) is 44.0 Å². The van der Waals surface area contributed by atoms with Crippen LogP contribution in [0.15, 0.2) is 55.0 Å². The summed E-state index contributed by atoms with van der Waals surface area (Å²) in [6.07, 6.45) is 1.22. The van der Waals surface area contributed by atoms with Crippen molar-refractivity contribution < 1.29 is 23.1 Å². The fourth-order valence-corrected chi connectivity index (χ4v) is 2.57. The summed E-state index contributed by atoms with van der Waals surface area (Å²) in [6, 6.07) is 9.16. The highest BCUT2D eigenvalue weighted by molar-refractivity contribution is 6.04. The molecule has 0 atom stereocenters. The molecule has 0 aliphatic rings. The number of nitrogens with zero attached hydrogens (tertiary/aromatic N) is 2. The molecule has 0 aliphatic heterocycles. The van der Waals surface area contributed by atoms with E-state index in [1.165, 1.54) is 24.5 Å². The first kappa shape index (κ1) is 20.8. The van der Waals surface area contributed by atoms with Crippen molar-refractivity contribution in [1.29, 1.82) is 0 Å². The molecule has 154 valence electrons. The highest BCUT2D eigenvalue weighted by atomic mass is 19.3. The van der Waals surface area contributed by atoms with Crippen molar-refractivity contribution >= 4 is 17.5 Å². The topological polar surface area (TPSA) is 107 Å². The van der Waals surface area contributed by atoms with Crippen molar-refractivity contribution in [3.05, 3.63) is 82.9 Å². The third kappa shape index (κ3) is 5.13. The summed E-state index contributed by atoms with van der Waals surface area (Å²) >= 11 is 0. The molecule has 0 aliphatic carbocycles. The van der Waals surface area contributed by atoms with E-state index in [0.29, 0.717) is 11.4 Å². The molecule has 3 N–H and O–H groups in total. The molecular weight excluding hydrogens is 394 g/mol. The summed E-state index contributed by atoms with van der Waals surface area (Å²) in [7, 11) is 0. The maximum Gasteiger partial charge on any atom is 0.280 e. The molecule has 2 aromatic heterocycles. The lowest BCUT2D eigenvalue weighted by atomic mass is 10.1. The van der Waals surface area contributed by atoms with Gasteiger partial charge in [-0.3, -0.25) is 19.6 Å². The molecule has 2 heterocycles. The maximum atomic E-state index is 12.6. The van der Waals surface area contributed by atoms with E-state index < -0.39 is 23.9 Å². The Bertz CT molecular complexity index is 1070. The number of nitrogens with two attached hydrogens (primary N) is 1. The summed E-state index contributed by atoms with van der Waals surface area (Å²) < 4.78 is 30.8. The number of carbonyl (C=O) groups excluding carboxylic acids is 2. The highest BCUT2D eigenvalue weighted by Gasteiger charge is 2.12. The lowest BCUT2D eigenvalue weighted by Crippen LogP contribution is -2.13. The fourth-order valence-electron chi connectivity index (χ4n) is 2.57. The minimum atomic E-state index is -2.69. The van der Waals surface area contributed by atoms with Gasteiger partial charge in [-0.1, -0.05) is 6.07 Å². The molecule has 30 heavy (non-hydrogen) atoms. The van der Waals surface area contributed by atoms with Crippen LogP contribution in [-0.4, -0.2) is 21.8 Å². The van der Waals surface area contributed by atoms with Crippen molar-refractivity contribution in [2.75, 3.05) is 5.32 Å². The molecule has 0 spiro atoms. The van der Waals surface area contributed by atoms with Gasteiger partial charge in [-0.25, -0.2) is 8.78 Å². The van der Waals surface area contributed by atoms with Crippen LogP contribution in [0.3, 0.4) is 0 Å². The molecule has 3 rings (SSSR count). The number of carbonyl (C=O) groups is 2. The number of pyridine rings is 2. The minimum Gasteiger partial charge on any atom is -0.487 e. The van der Waals surface area contributed by atoms with Crippen molar-refractivity contribution in [3.63, 3.8) is 0 Å². The monoisotopic (exact) mass is 412 g/mol. The third-order valence-corrected chi connectivity index (χ3v) is 4.27. The molecule has 3 aromatic rings. The number of nitrogens with one attached hydrogen (secondary N) is 1. The Morgan fingerprint density at radius 1 is 1.10 bits per heavy atom. The lowest BCUT2D eigenvalue weighted by molar-refractivity contribution is 0.0996. The molecule has 2 amide bonds. The van der Waals surface area contributed by atoms with Crippen molar-refractivity contribution in [3.8, 4) is 5.75 Å². The molecule has 9 heteroatoms. The quantitative estimate of drug-likeness (QED) is 0.616. The number of rotatable bonds is 7. The average molecular weight is 412 g/mol. The van der Waals surface area contributed by atoms with E-state index in [4.69, 9.17) is 10.5 Å². The van der Waals surface area contributed by atoms with Gasteiger partial charge in [0.15, 0.2) is 0 Å². The number of hydrogen-bond donors (Lipinski definition) is 2. The van der Waals surface area contributed by atoms with E-state index >= 15 is 0 Å². The zero-order valence-electron chi connectivity index (χ0n) is 15.9. The molecule has 1 aromatic carbocycles. The number of alkyl halides is 2. The number of anilines is 1. The second-order valence-corrected chi connectivity index (χ2v) is 6.43. The van der Waals surface area contributed by atoms with Crippen LogP contribution in [0.4, 0.5) is 14.5 Å². The van der Waals surface area contributed by atoms with Crippen LogP contribution in [0.25, 0.3) is 0 Å². The Balaban J connectivity index is 1.69. The Hall–Kier alpha value is -3.88. The second-order valence-electron chi connectivity index (χ2n) is 6.43. The Labute approximate surface area is 170 Å². The summed E-state index contributed by atoms with van der Waals surface area (Å²) in [5.41, 5.74) is 7.46. The first-order valence-electron chi connectivity index (χ1n) is 8.86. The normalized spacial score (nSPS) is 10.7. The number of benzene rings is 1. The third-order valence-electron chi connectivity index (χ3n) is 4.27. The van der Waals surface area contributed by atoms with Crippen LogP contribution < -0.4 is 15.8 Å². The van der Waals surface area contributed by atoms with Gasteiger partial charge in [0.05, 0.1) is 17.3 Å². The Morgan fingerprint density at radius 3 is 2.57 bits per heavy atom. The van der Waals surface area contributed by atoms with Gasteiger partial charge in [-0.2, -0.15) is 0 Å². The van der Waals surface area contributed by atoms with Gasteiger partial charge in [0.25, 0.3) is 12.3 Å². The van der Waals surface area contributed by atoms with Crippen LogP contribution in [-0.2, 0) is 6.61 Å². The predicted octanol–water partition coefficient (Wildman–Crippen LogP) is 3.65. The van der Waals surface area contributed by atoms with Crippen LogP contribution in [0, 0.1) is 6.92 Å². The average Bonchev–Trinajstić information content (AvgIpc) is 2.74. The summed E-state index contributed by atoms with van der Waals surface area (Å²) in [5, 5.41) is 2.70. The van der Waals surface area contributed by atoms with Gasteiger partial charge in [0.2, 0.25) is 5.91 Å². The molecule has 0 radical (unpaired) electrons. The first-order chi connectivity index (χ1) is 14.3. The predicted molar refractivity (Wildman–Crippen MR) is 105 cm³/mol. The van der Waals surface area contributed by atoms with Gasteiger partial charge in [0, 0.05) is 18.1 Å². The number of primary amides is 1. The standard InChI is InChI=1S/C21H18F2N4O3/c1-12-2-4-16(27-21(29)13-3-5-18(19(22)23)26-9-13)6-15(12)11-30-17-7-14(20(24)28)8-25-10-17/h2-10,19H,11H2,1H3,(H2,24,28)(H,27,29). The molecule has 7 nitrogen and oxygen atoms in total. The summed E-state index contributed by atoms with van der Waals surface area (Å²) in [5.74, 6) is -0.701. The van der Waals surface area contributed by atoms with E-state index in [1.54, 1.807) is 12.1 Å². The van der Waals surface area contributed by atoms with E-state index in [9.17, 15) is 18.4 Å². The van der Waals surface area contributed by atoms with E-state index in [0.717, 1.165) is 23.4 Å². The summed E-state index contributed by atoms with van der Waals surface area (Å²) in [4.78, 5) is 31.1. The molecule has 0 fully saturated rings. The Kier molecular flexibility index (Phi) is 6.31. The zero-order valence-corrected chi connectivity index (χ0v) is 15.9. The zero-order chi connectivity index (χ0) is 21.7. The van der Waals surface area contributed by atoms with E-state index in [2.05, 4.69) is 15.3 Å². The number of hydrogen-bond acceptors (Lipinski definition) is 5. The fraction of sp³-hybridized carbons (Fsp3) is 0.143. The summed E-state index contributed by atoms with van der Waals surface area (Å²) in [6.45, 7) is 2.06. The number of aryl methyl sites for hydroxylation is 1. The molecule has 0 unspecified atom stereocenters. The molecule has 0 saturated carbocycles. The van der Waals surface area contributed by atoms with Gasteiger partial charge in [0.1, 0.15) is 18.1 Å². The van der Waals surface area contributed by atoms with Crippen LogP contribution in [0.5, 0.6) is 5.75 Å². The van der Waals surface area contributed by atoms with Gasteiger partial charge < -0.3 is 15.8 Å². The Morgan fingerprint density at radius 2 is 1.90 bits per heavy atom. The number of amides is 2. The van der Waals surface area contributed by atoms with Gasteiger partial charge >= 0.3 is 0 Å². The minimum absolute atomic E-state index is 0.159. The maximum absolute atomic E-state index is 12.6. The SMILES string of the molecule is Cc1ccc(NC(=O)c2ccc(C(F)F)nc2)cc1COc1cncc(C(N)=O)c1. The van der Waals surface area contributed by atoms with Crippen molar-refractivity contribution in [1.82, 2.24) is 9.97 Å². The molecule has 0 saturated heterocycles. The number of ether oxygens (including phenoxy) is 1. The van der Waals surface area contributed by atoms with Crippen LogP contribution in [0.2, 0.25) is 0 Å². The smallest absolute Gasteiger partial charge is 0.280 e. The van der Waals surface area contributed by atoms with Crippen molar-refractivity contribution in [2.45, 2.75) is 20.0 Å². The number of aromatic nitrogens is 2. The first-order valence-corrected chi connectivity index (χ1v) is 8.86. The highest BCUT2D eigenvalue weighted by Crippen LogP contribution is 2.20. The van der Waals surface area contributed by atoms with Crippen molar-refractivity contribution in [2.24, 2.45) is 5.73 Å². The molecular formula is C21H18F2N4O3. The van der Waals surface area contributed by atoms with Gasteiger partial charge in [-0.05, 0) is 48.4 Å². The van der Waals surface area contributed by atoms with Gasteiger partial charge in [-0.15, -0.1) is 0 Å². The molecule has 0 bridgehead atoms. The largest absolute Gasteiger partial charge is 0.487 e. The lowest BCUT2D eigenvalue weighted by Gasteiger charge is -2.12. The van der Waals surface area contributed by atoms with E-state index in [-0.39, 0.29) is 17.7 Å².